The third kappa shape index (κ3) is 7.59. The SMILES string of the molecule is CNC(=O)[C@@H](Cc1ccccc1)N(Cc1ccc(Br)cc1)C(=O)CN(c1ccc(F)cc1)S(=O)(=O)c1ccccc1. The van der Waals surface area contributed by atoms with Gasteiger partial charge in [-0.05, 0) is 59.7 Å². The van der Waals surface area contributed by atoms with Crippen LogP contribution >= 0.6 is 15.9 Å². The van der Waals surface area contributed by atoms with Crippen molar-refractivity contribution in [3.8, 4) is 0 Å². The van der Waals surface area contributed by atoms with E-state index in [1.807, 2.05) is 54.6 Å². The Labute approximate surface area is 247 Å². The van der Waals surface area contributed by atoms with Crippen LogP contribution < -0.4 is 9.62 Å². The highest BCUT2D eigenvalue weighted by Gasteiger charge is 2.34. The maximum atomic E-state index is 14.2. The van der Waals surface area contributed by atoms with Gasteiger partial charge in [0.15, 0.2) is 0 Å². The molecule has 0 aliphatic carbocycles. The summed E-state index contributed by atoms with van der Waals surface area (Å²) in [5.74, 6) is -1.53. The molecule has 0 spiro atoms. The van der Waals surface area contributed by atoms with Crippen molar-refractivity contribution in [2.75, 3.05) is 17.9 Å². The van der Waals surface area contributed by atoms with Gasteiger partial charge in [-0.3, -0.25) is 13.9 Å². The van der Waals surface area contributed by atoms with Crippen LogP contribution in [-0.4, -0.2) is 44.8 Å². The first-order chi connectivity index (χ1) is 19.7. The Hall–Kier alpha value is -4.02. The first-order valence-electron chi connectivity index (χ1n) is 12.8. The summed E-state index contributed by atoms with van der Waals surface area (Å²) >= 11 is 3.41. The molecule has 2 amide bonds. The lowest BCUT2D eigenvalue weighted by atomic mass is 10.0. The molecule has 0 unspecified atom stereocenters. The van der Waals surface area contributed by atoms with Crippen molar-refractivity contribution in [1.82, 2.24) is 10.2 Å². The van der Waals surface area contributed by atoms with Crippen molar-refractivity contribution in [2.24, 2.45) is 0 Å². The molecule has 1 atom stereocenters. The van der Waals surface area contributed by atoms with Crippen molar-refractivity contribution in [3.05, 3.63) is 131 Å². The van der Waals surface area contributed by atoms with Gasteiger partial charge in [-0.15, -0.1) is 0 Å². The summed E-state index contributed by atoms with van der Waals surface area (Å²) in [6, 6.07) is 28.2. The molecule has 4 aromatic rings. The van der Waals surface area contributed by atoms with Crippen molar-refractivity contribution < 1.29 is 22.4 Å². The van der Waals surface area contributed by atoms with Crippen LogP contribution in [0.2, 0.25) is 0 Å². The van der Waals surface area contributed by atoms with Gasteiger partial charge in [-0.2, -0.15) is 0 Å². The van der Waals surface area contributed by atoms with E-state index in [1.165, 1.54) is 36.2 Å². The molecule has 0 saturated carbocycles. The number of nitrogens with one attached hydrogen (secondary N) is 1. The number of amides is 2. The minimum absolute atomic E-state index is 0.0243. The van der Waals surface area contributed by atoms with E-state index in [4.69, 9.17) is 0 Å². The fourth-order valence-electron chi connectivity index (χ4n) is 4.36. The summed E-state index contributed by atoms with van der Waals surface area (Å²) in [7, 11) is -2.73. The molecule has 41 heavy (non-hydrogen) atoms. The number of likely N-dealkylation sites (N-methyl/N-ethyl adjacent to an activating group) is 1. The first-order valence-corrected chi connectivity index (χ1v) is 15.0. The number of hydrogen-bond acceptors (Lipinski definition) is 4. The Morgan fingerprint density at radius 3 is 2.00 bits per heavy atom. The highest BCUT2D eigenvalue weighted by molar-refractivity contribution is 9.10. The van der Waals surface area contributed by atoms with Gasteiger partial charge in [-0.25, -0.2) is 12.8 Å². The van der Waals surface area contributed by atoms with Crippen LogP contribution in [0.15, 0.2) is 119 Å². The molecule has 0 heterocycles. The van der Waals surface area contributed by atoms with Gasteiger partial charge in [0, 0.05) is 24.5 Å². The molecule has 4 rings (SSSR count). The van der Waals surface area contributed by atoms with Crippen molar-refractivity contribution in [2.45, 2.75) is 23.9 Å². The highest BCUT2D eigenvalue weighted by Crippen LogP contribution is 2.25. The van der Waals surface area contributed by atoms with Gasteiger partial charge in [0.05, 0.1) is 10.6 Å². The molecule has 0 aromatic heterocycles. The molecular weight excluding hydrogens is 609 g/mol. The number of hydrogen-bond donors (Lipinski definition) is 1. The third-order valence-electron chi connectivity index (χ3n) is 6.51. The van der Waals surface area contributed by atoms with Gasteiger partial charge in [0.25, 0.3) is 10.0 Å². The quantitative estimate of drug-likeness (QED) is 0.246. The van der Waals surface area contributed by atoms with Crippen LogP contribution in [0.4, 0.5) is 10.1 Å². The Balaban J connectivity index is 1.77. The Kier molecular flexibility index (Phi) is 9.91. The Morgan fingerprint density at radius 2 is 1.41 bits per heavy atom. The Morgan fingerprint density at radius 1 is 0.829 bits per heavy atom. The van der Waals surface area contributed by atoms with Gasteiger partial charge < -0.3 is 10.2 Å². The topological polar surface area (TPSA) is 86.8 Å². The molecule has 0 bridgehead atoms. The number of sulfonamides is 1. The maximum Gasteiger partial charge on any atom is 0.264 e. The summed E-state index contributed by atoms with van der Waals surface area (Å²) in [5, 5.41) is 2.65. The Bertz CT molecular complexity index is 1570. The van der Waals surface area contributed by atoms with Crippen molar-refractivity contribution in [3.63, 3.8) is 0 Å². The summed E-state index contributed by atoms with van der Waals surface area (Å²) in [6.45, 7) is -0.554. The van der Waals surface area contributed by atoms with Crippen LogP contribution in [0.3, 0.4) is 0 Å². The van der Waals surface area contributed by atoms with E-state index in [1.54, 1.807) is 18.2 Å². The molecule has 1 N–H and O–H groups in total. The van der Waals surface area contributed by atoms with Crippen molar-refractivity contribution in [1.29, 1.82) is 0 Å². The summed E-state index contributed by atoms with van der Waals surface area (Å²) in [4.78, 5) is 28.8. The van der Waals surface area contributed by atoms with E-state index in [9.17, 15) is 22.4 Å². The monoisotopic (exact) mass is 637 g/mol. The lowest BCUT2D eigenvalue weighted by Gasteiger charge is -2.33. The summed E-state index contributed by atoms with van der Waals surface area (Å²) < 4.78 is 43.2. The van der Waals surface area contributed by atoms with Crippen LogP contribution in [0.25, 0.3) is 0 Å². The molecule has 0 fully saturated rings. The van der Waals surface area contributed by atoms with Crippen LogP contribution in [-0.2, 0) is 32.6 Å². The van der Waals surface area contributed by atoms with E-state index in [-0.39, 0.29) is 23.5 Å². The van der Waals surface area contributed by atoms with Crippen LogP contribution in [0, 0.1) is 5.82 Å². The average Bonchev–Trinajstić information content (AvgIpc) is 2.99. The lowest BCUT2D eigenvalue weighted by molar-refractivity contribution is -0.139. The number of nitrogens with zero attached hydrogens (tertiary/aromatic N) is 2. The van der Waals surface area contributed by atoms with E-state index in [0.717, 1.165) is 32.0 Å². The third-order valence-corrected chi connectivity index (χ3v) is 8.83. The molecule has 4 aromatic carbocycles. The first kappa shape index (κ1) is 30.0. The standard InChI is InChI=1S/C31H29BrFN3O4S/c1-34-31(38)29(20-23-8-4-2-5-9-23)35(21-24-12-14-25(32)15-13-24)30(37)22-36(27-18-16-26(33)17-19-27)41(39,40)28-10-6-3-7-11-28/h2-19,29H,20-22H2,1H3,(H,34,38)/t29-/m1/s1. The zero-order valence-electron chi connectivity index (χ0n) is 22.3. The van der Waals surface area contributed by atoms with Crippen LogP contribution in [0.5, 0.6) is 0 Å². The molecule has 7 nitrogen and oxygen atoms in total. The van der Waals surface area contributed by atoms with Gasteiger partial charge in [0.1, 0.15) is 18.4 Å². The second kappa shape index (κ2) is 13.6. The van der Waals surface area contributed by atoms with Crippen molar-refractivity contribution >= 4 is 43.5 Å². The summed E-state index contributed by atoms with van der Waals surface area (Å²) in [6.07, 6.45) is 0.213. The fraction of sp³-hybridized carbons (Fsp3) is 0.161. The molecule has 0 aliphatic rings. The largest absolute Gasteiger partial charge is 0.357 e. The zero-order valence-corrected chi connectivity index (χ0v) is 24.7. The lowest BCUT2D eigenvalue weighted by Crippen LogP contribution is -2.53. The average molecular weight is 639 g/mol. The van der Waals surface area contributed by atoms with E-state index >= 15 is 0 Å². The highest BCUT2D eigenvalue weighted by atomic mass is 79.9. The van der Waals surface area contributed by atoms with Gasteiger partial charge >= 0.3 is 0 Å². The zero-order chi connectivity index (χ0) is 29.4. The fourth-order valence-corrected chi connectivity index (χ4v) is 6.06. The normalized spacial score (nSPS) is 11.9. The van der Waals surface area contributed by atoms with E-state index < -0.39 is 40.2 Å². The number of rotatable bonds is 11. The maximum absolute atomic E-state index is 14.2. The smallest absolute Gasteiger partial charge is 0.264 e. The second-order valence-corrected chi connectivity index (χ2v) is 12.0. The molecular formula is C31H29BrFN3O4S. The second-order valence-electron chi connectivity index (χ2n) is 9.27. The molecule has 10 heteroatoms. The minimum Gasteiger partial charge on any atom is -0.357 e. The van der Waals surface area contributed by atoms with Crippen LogP contribution in [0.1, 0.15) is 11.1 Å². The molecule has 0 aliphatic heterocycles. The predicted octanol–water partition coefficient (Wildman–Crippen LogP) is 5.17. The number of carbonyl (C=O) groups is 2. The predicted molar refractivity (Wildman–Crippen MR) is 160 cm³/mol. The minimum atomic E-state index is -4.23. The number of carbonyl (C=O) groups excluding carboxylic acids is 2. The molecule has 212 valence electrons. The van der Waals surface area contributed by atoms with E-state index in [0.29, 0.717) is 0 Å². The molecule has 0 radical (unpaired) electrons. The van der Waals surface area contributed by atoms with Gasteiger partial charge in [0.2, 0.25) is 11.8 Å². The number of benzene rings is 4. The number of halogens is 2. The van der Waals surface area contributed by atoms with E-state index in [2.05, 4.69) is 21.2 Å². The number of anilines is 1. The molecule has 0 saturated heterocycles. The van der Waals surface area contributed by atoms with Gasteiger partial charge in [-0.1, -0.05) is 76.6 Å². The summed E-state index contributed by atoms with van der Waals surface area (Å²) in [5.41, 5.74) is 1.71.